The number of rotatable bonds is 3. The quantitative estimate of drug-likeness (QED) is 0.823. The van der Waals surface area contributed by atoms with Gasteiger partial charge >= 0.3 is 0 Å². The highest BCUT2D eigenvalue weighted by atomic mass is 19.3. The zero-order valence-corrected chi connectivity index (χ0v) is 8.09. The van der Waals surface area contributed by atoms with Crippen molar-refractivity contribution < 1.29 is 13.2 Å². The van der Waals surface area contributed by atoms with E-state index in [9.17, 15) is 13.2 Å². The number of benzene rings is 1. The Balaban J connectivity index is 2.25. The van der Waals surface area contributed by atoms with Gasteiger partial charge in [0.15, 0.2) is 0 Å². The number of alkyl halides is 2. The molecule has 82 valence electrons. The van der Waals surface area contributed by atoms with Gasteiger partial charge in [0.05, 0.1) is 0 Å². The van der Waals surface area contributed by atoms with E-state index in [2.05, 4.69) is 0 Å². The molecule has 1 saturated carbocycles. The van der Waals surface area contributed by atoms with Gasteiger partial charge in [0, 0.05) is 17.2 Å². The summed E-state index contributed by atoms with van der Waals surface area (Å²) < 4.78 is 37.9. The van der Waals surface area contributed by atoms with E-state index in [1.54, 1.807) is 0 Å². The van der Waals surface area contributed by atoms with Crippen LogP contribution in [0.25, 0.3) is 0 Å². The van der Waals surface area contributed by atoms with Crippen molar-refractivity contribution in [2.24, 2.45) is 11.7 Å². The predicted octanol–water partition coefficient (Wildman–Crippen LogP) is 3.17. The van der Waals surface area contributed by atoms with Crippen molar-refractivity contribution in [2.75, 3.05) is 0 Å². The van der Waals surface area contributed by atoms with Crippen molar-refractivity contribution in [3.05, 3.63) is 35.1 Å². The van der Waals surface area contributed by atoms with Crippen LogP contribution in [-0.4, -0.2) is 0 Å². The summed E-state index contributed by atoms with van der Waals surface area (Å²) in [6.45, 7) is 0. The lowest BCUT2D eigenvalue weighted by Crippen LogP contribution is -2.14. The molecule has 1 nitrogen and oxygen atoms in total. The predicted molar refractivity (Wildman–Crippen MR) is 51.0 cm³/mol. The van der Waals surface area contributed by atoms with Gasteiger partial charge in [0.2, 0.25) is 0 Å². The monoisotopic (exact) mass is 215 g/mol. The van der Waals surface area contributed by atoms with Gasteiger partial charge in [-0.3, -0.25) is 0 Å². The molecule has 4 heteroatoms. The van der Waals surface area contributed by atoms with Crippen LogP contribution < -0.4 is 5.73 Å². The smallest absolute Gasteiger partial charge is 0.263 e. The third kappa shape index (κ3) is 2.15. The molecule has 0 amide bonds. The Morgan fingerprint density at radius 1 is 1.27 bits per heavy atom. The molecule has 2 N–H and O–H groups in total. The first-order valence-corrected chi connectivity index (χ1v) is 4.92. The van der Waals surface area contributed by atoms with Gasteiger partial charge in [0.1, 0.15) is 5.82 Å². The van der Waals surface area contributed by atoms with Crippen LogP contribution in [0.15, 0.2) is 18.2 Å². The maximum absolute atomic E-state index is 13.4. The lowest BCUT2D eigenvalue weighted by molar-refractivity contribution is 0.151. The fraction of sp³-hybridized carbons (Fsp3) is 0.455. The fourth-order valence-electron chi connectivity index (χ4n) is 1.66. The van der Waals surface area contributed by atoms with Crippen molar-refractivity contribution in [3.63, 3.8) is 0 Å². The minimum absolute atomic E-state index is 0.292. The van der Waals surface area contributed by atoms with E-state index in [4.69, 9.17) is 5.73 Å². The van der Waals surface area contributed by atoms with Crippen LogP contribution in [0.5, 0.6) is 0 Å². The van der Waals surface area contributed by atoms with Crippen LogP contribution in [-0.2, 0) is 0 Å². The standard InChI is InChI=1S/C11H12F3N/c12-9-5-7(11(13)14)3-4-8(9)10(15)6-1-2-6/h3-6,10-11H,1-2,15H2. The second-order valence-electron chi connectivity index (χ2n) is 3.94. The number of hydrogen-bond acceptors (Lipinski definition) is 1. The topological polar surface area (TPSA) is 26.0 Å². The van der Waals surface area contributed by atoms with Gasteiger partial charge in [-0.2, -0.15) is 0 Å². The second kappa shape index (κ2) is 3.85. The zero-order chi connectivity index (χ0) is 11.0. The lowest BCUT2D eigenvalue weighted by Gasteiger charge is -2.12. The Bertz CT molecular complexity index is 361. The summed E-state index contributed by atoms with van der Waals surface area (Å²) in [6, 6.07) is 3.14. The summed E-state index contributed by atoms with van der Waals surface area (Å²) in [5, 5.41) is 0. The Kier molecular flexibility index (Phi) is 2.69. The van der Waals surface area contributed by atoms with E-state index in [1.807, 2.05) is 0 Å². The molecule has 0 radical (unpaired) electrons. The third-order valence-electron chi connectivity index (χ3n) is 2.77. The zero-order valence-electron chi connectivity index (χ0n) is 8.09. The summed E-state index contributed by atoms with van der Waals surface area (Å²) in [5.41, 5.74) is 5.86. The maximum Gasteiger partial charge on any atom is 0.263 e. The van der Waals surface area contributed by atoms with E-state index in [0.717, 1.165) is 18.9 Å². The van der Waals surface area contributed by atoms with Gasteiger partial charge in [-0.25, -0.2) is 13.2 Å². The van der Waals surface area contributed by atoms with Crippen molar-refractivity contribution in [2.45, 2.75) is 25.3 Å². The number of halogens is 3. The van der Waals surface area contributed by atoms with Crippen LogP contribution in [0.2, 0.25) is 0 Å². The van der Waals surface area contributed by atoms with E-state index < -0.39 is 12.2 Å². The Hall–Kier alpha value is -1.03. The molecule has 0 heterocycles. The average Bonchev–Trinajstić information content (AvgIpc) is 2.99. The second-order valence-corrected chi connectivity index (χ2v) is 3.94. The summed E-state index contributed by atoms with van der Waals surface area (Å²) in [7, 11) is 0. The molecule has 1 aromatic carbocycles. The summed E-state index contributed by atoms with van der Waals surface area (Å²) in [6.07, 6.45) is -0.639. The first kappa shape index (κ1) is 10.5. The normalized spacial score (nSPS) is 18.2. The molecule has 1 aliphatic rings. The summed E-state index contributed by atoms with van der Waals surface area (Å²) in [5.74, 6) is -0.302. The Labute approximate surface area is 86.1 Å². The maximum atomic E-state index is 13.4. The molecule has 1 fully saturated rings. The van der Waals surface area contributed by atoms with Crippen LogP contribution in [0, 0.1) is 11.7 Å². The van der Waals surface area contributed by atoms with Crippen molar-refractivity contribution >= 4 is 0 Å². The van der Waals surface area contributed by atoms with Gasteiger partial charge in [-0.15, -0.1) is 0 Å². The first-order chi connectivity index (χ1) is 7.09. The molecule has 0 saturated heterocycles. The Morgan fingerprint density at radius 2 is 1.93 bits per heavy atom. The highest BCUT2D eigenvalue weighted by Gasteiger charge is 2.31. The van der Waals surface area contributed by atoms with Crippen molar-refractivity contribution in [1.29, 1.82) is 0 Å². The molecule has 0 bridgehead atoms. The van der Waals surface area contributed by atoms with Gasteiger partial charge in [0.25, 0.3) is 6.43 Å². The SMILES string of the molecule is NC(c1ccc(C(F)F)cc1F)C1CC1. The van der Waals surface area contributed by atoms with E-state index in [-0.39, 0.29) is 11.6 Å². The molecule has 1 atom stereocenters. The van der Waals surface area contributed by atoms with Crippen LogP contribution in [0.1, 0.15) is 36.4 Å². The minimum atomic E-state index is -2.63. The van der Waals surface area contributed by atoms with Crippen LogP contribution >= 0.6 is 0 Å². The molecule has 1 aliphatic carbocycles. The minimum Gasteiger partial charge on any atom is -0.324 e. The molecular formula is C11H12F3N. The molecule has 0 spiro atoms. The third-order valence-corrected chi connectivity index (χ3v) is 2.77. The molecule has 0 aromatic heterocycles. The lowest BCUT2D eigenvalue weighted by atomic mass is 10.0. The van der Waals surface area contributed by atoms with Crippen LogP contribution in [0.4, 0.5) is 13.2 Å². The highest BCUT2D eigenvalue weighted by molar-refractivity contribution is 5.28. The first-order valence-electron chi connectivity index (χ1n) is 4.92. The number of hydrogen-bond donors (Lipinski definition) is 1. The largest absolute Gasteiger partial charge is 0.324 e. The van der Waals surface area contributed by atoms with Crippen LogP contribution in [0.3, 0.4) is 0 Å². The summed E-state index contributed by atoms with van der Waals surface area (Å²) in [4.78, 5) is 0. The average molecular weight is 215 g/mol. The van der Waals surface area contributed by atoms with Gasteiger partial charge < -0.3 is 5.73 Å². The molecule has 1 unspecified atom stereocenters. The van der Waals surface area contributed by atoms with Gasteiger partial charge in [-0.1, -0.05) is 12.1 Å². The molecule has 0 aliphatic heterocycles. The number of nitrogens with two attached hydrogens (primary N) is 1. The molecule has 1 aromatic rings. The molecular weight excluding hydrogens is 203 g/mol. The highest BCUT2D eigenvalue weighted by Crippen LogP contribution is 2.40. The van der Waals surface area contributed by atoms with E-state index in [0.29, 0.717) is 11.5 Å². The van der Waals surface area contributed by atoms with Crippen molar-refractivity contribution in [1.82, 2.24) is 0 Å². The summed E-state index contributed by atoms with van der Waals surface area (Å²) >= 11 is 0. The van der Waals surface area contributed by atoms with E-state index >= 15 is 0 Å². The molecule has 2 rings (SSSR count). The molecule has 15 heavy (non-hydrogen) atoms. The van der Waals surface area contributed by atoms with Crippen molar-refractivity contribution in [3.8, 4) is 0 Å². The fourth-order valence-corrected chi connectivity index (χ4v) is 1.66. The van der Waals surface area contributed by atoms with E-state index in [1.165, 1.54) is 12.1 Å². The Morgan fingerprint density at radius 3 is 2.40 bits per heavy atom. The van der Waals surface area contributed by atoms with Gasteiger partial charge in [-0.05, 0) is 24.8 Å².